The van der Waals surface area contributed by atoms with Gasteiger partial charge in [0.1, 0.15) is 11.6 Å². The summed E-state index contributed by atoms with van der Waals surface area (Å²) in [6, 6.07) is 0. The SMILES string of the molecule is CCCNc1cncc(NCC(=O)N2CCCC2)n1. The molecule has 0 aromatic carbocycles. The first kappa shape index (κ1) is 13.6. The highest BCUT2D eigenvalue weighted by Crippen LogP contribution is 2.09. The Labute approximate surface area is 113 Å². The van der Waals surface area contributed by atoms with Gasteiger partial charge in [-0.15, -0.1) is 0 Å². The van der Waals surface area contributed by atoms with Gasteiger partial charge in [0.25, 0.3) is 0 Å². The number of rotatable bonds is 6. The Hall–Kier alpha value is -1.85. The summed E-state index contributed by atoms with van der Waals surface area (Å²) in [5, 5.41) is 6.20. The molecule has 104 valence electrons. The summed E-state index contributed by atoms with van der Waals surface area (Å²) in [5.41, 5.74) is 0. The van der Waals surface area contributed by atoms with Crippen LogP contribution < -0.4 is 10.6 Å². The first-order chi connectivity index (χ1) is 9.29. The van der Waals surface area contributed by atoms with E-state index in [0.29, 0.717) is 5.82 Å². The minimum atomic E-state index is 0.131. The third-order valence-corrected chi connectivity index (χ3v) is 3.07. The normalized spacial score (nSPS) is 14.5. The molecule has 1 aliphatic heterocycles. The number of nitrogens with one attached hydrogen (secondary N) is 2. The van der Waals surface area contributed by atoms with E-state index in [2.05, 4.69) is 27.5 Å². The van der Waals surface area contributed by atoms with Gasteiger partial charge in [0.05, 0.1) is 18.9 Å². The molecule has 0 spiro atoms. The highest BCUT2D eigenvalue weighted by molar-refractivity contribution is 5.80. The number of carbonyl (C=O) groups is 1. The lowest BCUT2D eigenvalue weighted by Crippen LogP contribution is -2.33. The lowest BCUT2D eigenvalue weighted by Gasteiger charge is -2.15. The van der Waals surface area contributed by atoms with Gasteiger partial charge in [-0.2, -0.15) is 0 Å². The molecule has 1 aromatic heterocycles. The topological polar surface area (TPSA) is 70.2 Å². The predicted molar refractivity (Wildman–Crippen MR) is 75.1 cm³/mol. The lowest BCUT2D eigenvalue weighted by atomic mass is 10.4. The average molecular weight is 263 g/mol. The lowest BCUT2D eigenvalue weighted by molar-refractivity contribution is -0.128. The standard InChI is InChI=1S/C13H21N5O/c1-2-5-15-11-8-14-9-12(17-11)16-10-13(19)18-6-3-4-7-18/h8-9H,2-7,10H2,1H3,(H2,15,16,17). The summed E-state index contributed by atoms with van der Waals surface area (Å²) >= 11 is 0. The van der Waals surface area contributed by atoms with Crippen molar-refractivity contribution in [2.24, 2.45) is 0 Å². The van der Waals surface area contributed by atoms with E-state index in [9.17, 15) is 4.79 Å². The van der Waals surface area contributed by atoms with Crippen molar-refractivity contribution >= 4 is 17.5 Å². The van der Waals surface area contributed by atoms with E-state index in [0.717, 1.165) is 44.7 Å². The number of hydrogen-bond donors (Lipinski definition) is 2. The van der Waals surface area contributed by atoms with Gasteiger partial charge in [-0.25, -0.2) is 4.98 Å². The summed E-state index contributed by atoms with van der Waals surface area (Å²) < 4.78 is 0. The molecular weight excluding hydrogens is 242 g/mol. The molecule has 19 heavy (non-hydrogen) atoms. The molecule has 1 fully saturated rings. The van der Waals surface area contributed by atoms with Crippen LogP contribution in [-0.2, 0) is 4.79 Å². The number of nitrogens with zero attached hydrogens (tertiary/aromatic N) is 3. The van der Waals surface area contributed by atoms with Gasteiger partial charge in [-0.3, -0.25) is 9.78 Å². The first-order valence-electron chi connectivity index (χ1n) is 6.87. The molecule has 2 heterocycles. The minimum Gasteiger partial charge on any atom is -0.369 e. The Morgan fingerprint density at radius 2 is 1.95 bits per heavy atom. The molecule has 0 radical (unpaired) electrons. The zero-order valence-corrected chi connectivity index (χ0v) is 11.4. The molecule has 2 rings (SSSR count). The van der Waals surface area contributed by atoms with Crippen molar-refractivity contribution in [1.29, 1.82) is 0 Å². The molecule has 0 aliphatic carbocycles. The number of anilines is 2. The summed E-state index contributed by atoms with van der Waals surface area (Å²) in [7, 11) is 0. The number of likely N-dealkylation sites (tertiary alicyclic amines) is 1. The fourth-order valence-corrected chi connectivity index (χ4v) is 2.03. The predicted octanol–water partition coefficient (Wildman–Crippen LogP) is 1.33. The monoisotopic (exact) mass is 263 g/mol. The van der Waals surface area contributed by atoms with E-state index in [1.807, 2.05) is 4.90 Å². The fraction of sp³-hybridized carbons (Fsp3) is 0.615. The number of aromatic nitrogens is 2. The first-order valence-corrected chi connectivity index (χ1v) is 6.87. The Morgan fingerprint density at radius 3 is 2.63 bits per heavy atom. The van der Waals surface area contributed by atoms with Crippen molar-refractivity contribution in [1.82, 2.24) is 14.9 Å². The highest BCUT2D eigenvalue weighted by atomic mass is 16.2. The molecule has 1 aromatic rings. The molecule has 1 saturated heterocycles. The summed E-state index contributed by atoms with van der Waals surface area (Å²) in [6.07, 6.45) is 6.58. The third kappa shape index (κ3) is 4.08. The summed E-state index contributed by atoms with van der Waals surface area (Å²) in [6.45, 7) is 5.00. The Kier molecular flexibility index (Phi) is 4.94. The van der Waals surface area contributed by atoms with Crippen LogP contribution >= 0.6 is 0 Å². The molecule has 6 nitrogen and oxygen atoms in total. The summed E-state index contributed by atoms with van der Waals surface area (Å²) in [4.78, 5) is 22.2. The van der Waals surface area contributed by atoms with Crippen LogP contribution in [0, 0.1) is 0 Å². The Balaban J connectivity index is 1.83. The maximum atomic E-state index is 11.9. The number of hydrogen-bond acceptors (Lipinski definition) is 5. The minimum absolute atomic E-state index is 0.131. The third-order valence-electron chi connectivity index (χ3n) is 3.07. The van der Waals surface area contributed by atoms with Gasteiger partial charge < -0.3 is 15.5 Å². The second-order valence-electron chi connectivity index (χ2n) is 4.66. The van der Waals surface area contributed by atoms with Crippen LogP contribution in [0.25, 0.3) is 0 Å². The van der Waals surface area contributed by atoms with Crippen molar-refractivity contribution in [3.05, 3.63) is 12.4 Å². The largest absolute Gasteiger partial charge is 0.369 e. The van der Waals surface area contributed by atoms with Gasteiger partial charge in [-0.05, 0) is 19.3 Å². The van der Waals surface area contributed by atoms with Crippen LogP contribution in [0.3, 0.4) is 0 Å². The fourth-order valence-electron chi connectivity index (χ4n) is 2.03. The smallest absolute Gasteiger partial charge is 0.241 e. The average Bonchev–Trinajstić information content (AvgIpc) is 2.97. The number of amides is 1. The van der Waals surface area contributed by atoms with Crippen LogP contribution in [-0.4, -0.2) is 47.0 Å². The van der Waals surface area contributed by atoms with Crippen LogP contribution in [0.2, 0.25) is 0 Å². The summed E-state index contributed by atoms with van der Waals surface area (Å²) in [5.74, 6) is 1.50. The maximum Gasteiger partial charge on any atom is 0.241 e. The Morgan fingerprint density at radius 1 is 1.26 bits per heavy atom. The molecule has 0 saturated carbocycles. The van der Waals surface area contributed by atoms with Crippen molar-refractivity contribution < 1.29 is 4.79 Å². The van der Waals surface area contributed by atoms with Gasteiger partial charge in [0, 0.05) is 19.6 Å². The molecule has 0 bridgehead atoms. The van der Waals surface area contributed by atoms with Gasteiger partial charge in [0.2, 0.25) is 5.91 Å². The molecule has 0 atom stereocenters. The molecule has 0 unspecified atom stereocenters. The van der Waals surface area contributed by atoms with Crippen LogP contribution in [0.1, 0.15) is 26.2 Å². The molecule has 2 N–H and O–H groups in total. The van der Waals surface area contributed by atoms with E-state index in [4.69, 9.17) is 0 Å². The highest BCUT2D eigenvalue weighted by Gasteiger charge is 2.17. The second kappa shape index (κ2) is 6.92. The number of carbonyl (C=O) groups excluding carboxylic acids is 1. The van der Waals surface area contributed by atoms with E-state index in [-0.39, 0.29) is 12.5 Å². The van der Waals surface area contributed by atoms with E-state index < -0.39 is 0 Å². The Bertz CT molecular complexity index is 417. The van der Waals surface area contributed by atoms with E-state index in [1.165, 1.54) is 0 Å². The van der Waals surface area contributed by atoms with Crippen molar-refractivity contribution in [3.63, 3.8) is 0 Å². The van der Waals surface area contributed by atoms with Crippen LogP contribution in [0.4, 0.5) is 11.6 Å². The zero-order chi connectivity index (χ0) is 13.5. The van der Waals surface area contributed by atoms with Crippen molar-refractivity contribution in [2.45, 2.75) is 26.2 Å². The van der Waals surface area contributed by atoms with Crippen molar-refractivity contribution in [3.8, 4) is 0 Å². The van der Waals surface area contributed by atoms with Crippen LogP contribution in [0.5, 0.6) is 0 Å². The van der Waals surface area contributed by atoms with Crippen LogP contribution in [0.15, 0.2) is 12.4 Å². The molecular formula is C13H21N5O. The maximum absolute atomic E-state index is 11.9. The van der Waals surface area contributed by atoms with Crippen molar-refractivity contribution in [2.75, 3.05) is 36.8 Å². The second-order valence-corrected chi connectivity index (χ2v) is 4.66. The zero-order valence-electron chi connectivity index (χ0n) is 11.4. The molecule has 1 aliphatic rings. The van der Waals surface area contributed by atoms with Gasteiger partial charge in [0.15, 0.2) is 0 Å². The molecule has 6 heteroatoms. The van der Waals surface area contributed by atoms with Gasteiger partial charge >= 0.3 is 0 Å². The van der Waals surface area contributed by atoms with E-state index >= 15 is 0 Å². The van der Waals surface area contributed by atoms with E-state index in [1.54, 1.807) is 12.4 Å². The van der Waals surface area contributed by atoms with Gasteiger partial charge in [-0.1, -0.05) is 6.92 Å². The molecule has 1 amide bonds. The quantitative estimate of drug-likeness (QED) is 0.810.